The van der Waals surface area contributed by atoms with E-state index in [1.165, 1.54) is 11.3 Å². The lowest BCUT2D eigenvalue weighted by atomic mass is 9.93. The van der Waals surface area contributed by atoms with E-state index < -0.39 is 6.10 Å². The molecule has 0 amide bonds. The summed E-state index contributed by atoms with van der Waals surface area (Å²) in [6, 6.07) is 3.66. The Labute approximate surface area is 86.9 Å². The lowest BCUT2D eigenvalue weighted by Gasteiger charge is -2.17. The van der Waals surface area contributed by atoms with Gasteiger partial charge in [-0.1, -0.05) is 12.1 Å². The first-order valence-corrected chi connectivity index (χ1v) is 5.63. The molecule has 1 aromatic heterocycles. The van der Waals surface area contributed by atoms with Gasteiger partial charge in [-0.2, -0.15) is 0 Å². The second-order valence-electron chi connectivity index (χ2n) is 3.41. The average Bonchev–Trinajstić information content (AvgIpc) is 2.70. The summed E-state index contributed by atoms with van der Waals surface area (Å²) in [5.41, 5.74) is 0.582. The number of hydrogen-bond donors (Lipinski definition) is 1. The quantitative estimate of drug-likeness (QED) is 0.758. The van der Waals surface area contributed by atoms with Crippen molar-refractivity contribution in [2.24, 2.45) is 0 Å². The molecular formula is C11H12O2S. The van der Waals surface area contributed by atoms with Gasteiger partial charge in [0.1, 0.15) is 0 Å². The molecule has 74 valence electrons. The summed E-state index contributed by atoms with van der Waals surface area (Å²) < 4.78 is 0. The van der Waals surface area contributed by atoms with E-state index in [-0.39, 0.29) is 5.78 Å². The number of allylic oxidation sites excluding steroid dienone is 1. The summed E-state index contributed by atoms with van der Waals surface area (Å²) in [6.07, 6.45) is 3.91. The van der Waals surface area contributed by atoms with Gasteiger partial charge in [0.15, 0.2) is 0 Å². The molecule has 14 heavy (non-hydrogen) atoms. The fourth-order valence-corrected chi connectivity index (χ4v) is 2.34. The molecule has 0 saturated carbocycles. The van der Waals surface area contributed by atoms with Gasteiger partial charge in [0, 0.05) is 5.57 Å². The summed E-state index contributed by atoms with van der Waals surface area (Å²) in [4.78, 5) is 12.6. The number of ketones is 1. The third-order valence-electron chi connectivity index (χ3n) is 2.41. The Hall–Kier alpha value is -0.930. The number of thiophene rings is 1. The number of carbonyl (C=O) groups excluding carboxylic acids is 1. The van der Waals surface area contributed by atoms with E-state index in [9.17, 15) is 9.90 Å². The zero-order chi connectivity index (χ0) is 9.97. The Bertz CT molecular complexity index is 351. The lowest BCUT2D eigenvalue weighted by Crippen LogP contribution is -2.20. The van der Waals surface area contributed by atoms with E-state index in [1.807, 2.05) is 17.5 Å². The molecule has 1 heterocycles. The highest BCUT2D eigenvalue weighted by Crippen LogP contribution is 2.23. The van der Waals surface area contributed by atoms with Gasteiger partial charge < -0.3 is 5.11 Å². The summed E-state index contributed by atoms with van der Waals surface area (Å²) in [6.45, 7) is 0. The highest BCUT2D eigenvalue weighted by Gasteiger charge is 2.22. The summed E-state index contributed by atoms with van der Waals surface area (Å²) in [5.74, 6) is -0.00722. The van der Waals surface area contributed by atoms with Gasteiger partial charge in [-0.05, 0) is 30.7 Å². The third-order valence-corrected chi connectivity index (χ3v) is 3.28. The molecule has 2 nitrogen and oxygen atoms in total. The molecule has 0 radical (unpaired) electrons. The van der Waals surface area contributed by atoms with E-state index in [2.05, 4.69) is 0 Å². The van der Waals surface area contributed by atoms with E-state index in [1.54, 1.807) is 6.07 Å². The Morgan fingerprint density at radius 1 is 1.57 bits per heavy atom. The summed E-state index contributed by atoms with van der Waals surface area (Å²) in [5, 5.41) is 11.5. The van der Waals surface area contributed by atoms with Crippen LogP contribution in [-0.2, 0) is 0 Å². The Morgan fingerprint density at radius 2 is 2.43 bits per heavy atom. The molecule has 2 rings (SSSR count). The van der Waals surface area contributed by atoms with Crippen LogP contribution in [0.4, 0.5) is 0 Å². The largest absolute Gasteiger partial charge is 0.388 e. The van der Waals surface area contributed by atoms with Gasteiger partial charge in [0.05, 0.1) is 11.0 Å². The number of rotatable bonds is 2. The van der Waals surface area contributed by atoms with Crippen molar-refractivity contribution in [2.75, 3.05) is 0 Å². The van der Waals surface area contributed by atoms with Crippen LogP contribution in [0.5, 0.6) is 0 Å². The molecule has 1 atom stereocenters. The first kappa shape index (κ1) is 9.62. The van der Waals surface area contributed by atoms with Crippen LogP contribution in [0.25, 0.3) is 0 Å². The van der Waals surface area contributed by atoms with Crippen molar-refractivity contribution >= 4 is 17.1 Å². The summed E-state index contributed by atoms with van der Waals surface area (Å²) >= 11 is 1.43. The van der Waals surface area contributed by atoms with Gasteiger partial charge in [0.25, 0.3) is 0 Å². The normalized spacial score (nSPS) is 21.8. The van der Waals surface area contributed by atoms with Gasteiger partial charge >= 0.3 is 0 Å². The van der Waals surface area contributed by atoms with Crippen LogP contribution in [0.15, 0.2) is 29.2 Å². The predicted octanol–water partition coefficient (Wildman–Crippen LogP) is 2.40. The highest BCUT2D eigenvalue weighted by molar-refractivity contribution is 7.12. The van der Waals surface area contributed by atoms with Gasteiger partial charge in [-0.3, -0.25) is 4.79 Å². The van der Waals surface area contributed by atoms with Gasteiger partial charge in [-0.25, -0.2) is 0 Å². The molecule has 0 unspecified atom stereocenters. The topological polar surface area (TPSA) is 37.3 Å². The van der Waals surface area contributed by atoms with Crippen molar-refractivity contribution in [1.82, 2.24) is 0 Å². The molecule has 0 aliphatic heterocycles. The molecular weight excluding hydrogens is 196 g/mol. The average molecular weight is 208 g/mol. The summed E-state index contributed by atoms with van der Waals surface area (Å²) in [7, 11) is 0. The number of carbonyl (C=O) groups is 1. The molecule has 0 aromatic carbocycles. The van der Waals surface area contributed by atoms with Crippen molar-refractivity contribution in [3.8, 4) is 0 Å². The number of Topliss-reactive ketones (excluding diaryl/α,β-unsaturated/α-hetero) is 1. The molecule has 0 saturated heterocycles. The molecule has 1 aliphatic rings. The molecule has 1 N–H and O–H groups in total. The van der Waals surface area contributed by atoms with Crippen molar-refractivity contribution in [2.45, 2.75) is 25.4 Å². The maximum Gasteiger partial charge on any atom is 0.201 e. The van der Waals surface area contributed by atoms with E-state index in [0.717, 1.165) is 17.7 Å². The molecule has 1 aliphatic carbocycles. The second kappa shape index (κ2) is 4.07. The minimum atomic E-state index is -0.557. The third kappa shape index (κ3) is 1.79. The highest BCUT2D eigenvalue weighted by atomic mass is 32.1. The van der Waals surface area contributed by atoms with Crippen LogP contribution in [-0.4, -0.2) is 17.0 Å². The van der Waals surface area contributed by atoms with Crippen LogP contribution in [0.1, 0.15) is 28.9 Å². The predicted molar refractivity (Wildman–Crippen MR) is 56.6 cm³/mol. The zero-order valence-electron chi connectivity index (χ0n) is 7.77. The van der Waals surface area contributed by atoms with Crippen LogP contribution in [0, 0.1) is 0 Å². The smallest absolute Gasteiger partial charge is 0.201 e. The van der Waals surface area contributed by atoms with Gasteiger partial charge in [0.2, 0.25) is 5.78 Å². The molecule has 3 heteroatoms. The maximum atomic E-state index is 11.9. The molecule has 0 bridgehead atoms. The fraction of sp³-hybridized carbons (Fsp3) is 0.364. The van der Waals surface area contributed by atoms with Crippen LogP contribution in [0.3, 0.4) is 0 Å². The van der Waals surface area contributed by atoms with E-state index >= 15 is 0 Å². The number of hydrogen-bond acceptors (Lipinski definition) is 3. The lowest BCUT2D eigenvalue weighted by molar-refractivity contribution is 0.0978. The first-order chi connectivity index (χ1) is 6.79. The Balaban J connectivity index is 2.23. The Kier molecular flexibility index (Phi) is 2.79. The molecule has 0 fully saturated rings. The first-order valence-electron chi connectivity index (χ1n) is 4.75. The van der Waals surface area contributed by atoms with Crippen molar-refractivity contribution in [3.63, 3.8) is 0 Å². The SMILES string of the molecule is O=C(C1=CCCC[C@@H]1O)c1cccs1. The van der Waals surface area contributed by atoms with Gasteiger partial charge in [-0.15, -0.1) is 11.3 Å². The monoisotopic (exact) mass is 208 g/mol. The zero-order valence-corrected chi connectivity index (χ0v) is 8.59. The van der Waals surface area contributed by atoms with E-state index in [4.69, 9.17) is 0 Å². The minimum Gasteiger partial charge on any atom is -0.388 e. The standard InChI is InChI=1S/C11H12O2S/c12-9-5-2-1-4-8(9)11(13)10-6-3-7-14-10/h3-4,6-7,9,12H,1-2,5H2/t9-/m0/s1. The number of aliphatic hydroxyl groups excluding tert-OH is 1. The second-order valence-corrected chi connectivity index (χ2v) is 4.36. The maximum absolute atomic E-state index is 11.9. The van der Waals surface area contributed by atoms with Crippen LogP contribution >= 0.6 is 11.3 Å². The van der Waals surface area contributed by atoms with Crippen molar-refractivity contribution < 1.29 is 9.90 Å². The van der Waals surface area contributed by atoms with Crippen LogP contribution < -0.4 is 0 Å². The number of aliphatic hydroxyl groups is 1. The van der Waals surface area contributed by atoms with Crippen molar-refractivity contribution in [3.05, 3.63) is 34.0 Å². The fourth-order valence-electron chi connectivity index (χ4n) is 1.65. The van der Waals surface area contributed by atoms with Crippen LogP contribution in [0.2, 0.25) is 0 Å². The van der Waals surface area contributed by atoms with Crippen molar-refractivity contribution in [1.29, 1.82) is 0 Å². The van der Waals surface area contributed by atoms with E-state index in [0.29, 0.717) is 12.0 Å². The Morgan fingerprint density at radius 3 is 3.07 bits per heavy atom. The molecule has 1 aromatic rings. The minimum absolute atomic E-state index is 0.00722. The molecule has 0 spiro atoms.